The van der Waals surface area contributed by atoms with Gasteiger partial charge in [0.05, 0.1) is 11.6 Å². The van der Waals surface area contributed by atoms with Gasteiger partial charge in [-0.2, -0.15) is 0 Å². The van der Waals surface area contributed by atoms with Crippen LogP contribution in [-0.2, 0) is 0 Å². The molecule has 0 bridgehead atoms. The van der Waals surface area contributed by atoms with E-state index in [1.54, 1.807) is 41.3 Å². The molecule has 0 unspecified atom stereocenters. The van der Waals surface area contributed by atoms with Crippen molar-refractivity contribution in [3.8, 4) is 11.1 Å². The van der Waals surface area contributed by atoms with Gasteiger partial charge in [-0.05, 0) is 84.3 Å². The van der Waals surface area contributed by atoms with E-state index in [1.807, 2.05) is 39.0 Å². The molecule has 1 heterocycles. The summed E-state index contributed by atoms with van der Waals surface area (Å²) in [5, 5.41) is 15.3. The van der Waals surface area contributed by atoms with Crippen LogP contribution < -0.4 is 10.6 Å². The van der Waals surface area contributed by atoms with Crippen molar-refractivity contribution in [2.75, 3.05) is 17.2 Å². The van der Waals surface area contributed by atoms with Gasteiger partial charge in [0.15, 0.2) is 0 Å². The predicted molar refractivity (Wildman–Crippen MR) is 146 cm³/mol. The molecule has 192 valence electrons. The third kappa shape index (κ3) is 5.82. The minimum Gasteiger partial charge on any atom is -0.478 e. The number of carbonyl (C=O) groups is 2. The number of aromatic carboxylic acids is 1. The first-order valence-electron chi connectivity index (χ1n) is 12.4. The van der Waals surface area contributed by atoms with Crippen molar-refractivity contribution in [2.45, 2.75) is 45.6 Å². The molecule has 0 saturated carbocycles. The van der Waals surface area contributed by atoms with Crippen molar-refractivity contribution in [3.63, 3.8) is 0 Å². The van der Waals surface area contributed by atoms with Crippen LogP contribution in [0, 0.1) is 12.7 Å². The van der Waals surface area contributed by atoms with Gasteiger partial charge in [0.1, 0.15) is 5.82 Å². The Kier molecular flexibility index (Phi) is 7.62. The van der Waals surface area contributed by atoms with Gasteiger partial charge >= 0.3 is 12.0 Å². The first kappa shape index (κ1) is 25.9. The molecular weight excluding hydrogens is 469 g/mol. The zero-order chi connectivity index (χ0) is 26.7. The maximum atomic E-state index is 14.4. The minimum atomic E-state index is -0.952. The first-order chi connectivity index (χ1) is 17.6. The zero-order valence-corrected chi connectivity index (χ0v) is 21.3. The molecule has 1 saturated heterocycles. The molecule has 3 aromatic carbocycles. The van der Waals surface area contributed by atoms with Crippen LogP contribution in [0.5, 0.6) is 0 Å². The summed E-state index contributed by atoms with van der Waals surface area (Å²) in [6, 6.07) is 17.1. The van der Waals surface area contributed by atoms with Crippen LogP contribution in [0.25, 0.3) is 11.1 Å². The molecule has 0 aromatic heterocycles. The number of aryl methyl sites for hydroxylation is 1. The summed E-state index contributed by atoms with van der Waals surface area (Å²) in [6.07, 6.45) is 1.64. The van der Waals surface area contributed by atoms with Gasteiger partial charge in [-0.3, -0.25) is 0 Å². The highest BCUT2D eigenvalue weighted by molar-refractivity contribution is 5.90. The number of nitrogens with zero attached hydrogens (tertiary/aromatic N) is 1. The van der Waals surface area contributed by atoms with Gasteiger partial charge in [-0.1, -0.05) is 44.7 Å². The van der Waals surface area contributed by atoms with Gasteiger partial charge in [-0.15, -0.1) is 0 Å². The molecule has 1 aliphatic rings. The fourth-order valence-electron chi connectivity index (χ4n) is 4.77. The lowest BCUT2D eigenvalue weighted by Crippen LogP contribution is -2.40. The predicted octanol–water partition coefficient (Wildman–Crippen LogP) is 7.24. The Hall–Kier alpha value is -4.13. The largest absolute Gasteiger partial charge is 0.478 e. The van der Waals surface area contributed by atoms with Gasteiger partial charge in [0.25, 0.3) is 0 Å². The van der Waals surface area contributed by atoms with E-state index in [0.717, 1.165) is 35.2 Å². The summed E-state index contributed by atoms with van der Waals surface area (Å²) >= 11 is 0. The SMILES string of the molecule is C=C(Nc1ccc(-c2ccc(C(=O)O)cc2)c(C)c1)[C@H]1CCCN1C(=O)Nc1ccc(C(C)C)c(F)c1. The number of amides is 2. The molecule has 37 heavy (non-hydrogen) atoms. The van der Waals surface area contributed by atoms with Crippen LogP contribution in [0.2, 0.25) is 0 Å². The van der Waals surface area contributed by atoms with Crippen molar-refractivity contribution < 1.29 is 19.1 Å². The Balaban J connectivity index is 1.42. The Morgan fingerprint density at radius 3 is 2.32 bits per heavy atom. The lowest BCUT2D eigenvalue weighted by molar-refractivity contribution is 0.0697. The number of carboxylic acid groups (broad SMARTS) is 1. The molecule has 7 heteroatoms. The summed E-state index contributed by atoms with van der Waals surface area (Å²) in [7, 11) is 0. The molecule has 1 aliphatic heterocycles. The van der Waals surface area contributed by atoms with E-state index in [0.29, 0.717) is 23.5 Å². The molecule has 6 nitrogen and oxygen atoms in total. The summed E-state index contributed by atoms with van der Waals surface area (Å²) in [4.78, 5) is 25.9. The Morgan fingerprint density at radius 2 is 1.70 bits per heavy atom. The van der Waals surface area contributed by atoms with E-state index < -0.39 is 5.97 Å². The minimum absolute atomic E-state index is 0.0669. The smallest absolute Gasteiger partial charge is 0.335 e. The topological polar surface area (TPSA) is 81.7 Å². The Labute approximate surface area is 216 Å². The summed E-state index contributed by atoms with van der Waals surface area (Å²) < 4.78 is 14.4. The number of halogens is 1. The molecular formula is C30H32FN3O3. The maximum Gasteiger partial charge on any atom is 0.335 e. The maximum absolute atomic E-state index is 14.4. The molecule has 3 aromatic rings. The number of rotatable bonds is 7. The lowest BCUT2D eigenvalue weighted by Gasteiger charge is -2.27. The summed E-state index contributed by atoms with van der Waals surface area (Å²) in [5.74, 6) is -1.21. The molecule has 3 N–H and O–H groups in total. The lowest BCUT2D eigenvalue weighted by atomic mass is 9.99. The molecule has 1 atom stereocenters. The van der Waals surface area contributed by atoms with Crippen LogP contribution in [0.3, 0.4) is 0 Å². The number of nitrogens with one attached hydrogen (secondary N) is 2. The Morgan fingerprint density at radius 1 is 1.03 bits per heavy atom. The average Bonchev–Trinajstić information content (AvgIpc) is 3.34. The van der Waals surface area contributed by atoms with E-state index in [-0.39, 0.29) is 29.4 Å². The van der Waals surface area contributed by atoms with Crippen molar-refractivity contribution in [2.24, 2.45) is 0 Å². The number of hydrogen-bond acceptors (Lipinski definition) is 3. The van der Waals surface area contributed by atoms with E-state index in [4.69, 9.17) is 5.11 Å². The summed E-state index contributed by atoms with van der Waals surface area (Å²) in [6.45, 7) is 10.6. The van der Waals surface area contributed by atoms with Gasteiger partial charge in [0.2, 0.25) is 0 Å². The number of benzene rings is 3. The van der Waals surface area contributed by atoms with Crippen LogP contribution in [0.15, 0.2) is 72.9 Å². The molecule has 0 spiro atoms. The molecule has 1 fully saturated rings. The van der Waals surface area contributed by atoms with Crippen LogP contribution in [0.1, 0.15) is 54.1 Å². The van der Waals surface area contributed by atoms with E-state index >= 15 is 0 Å². The number of carboxylic acids is 1. The van der Waals surface area contributed by atoms with Gasteiger partial charge in [0, 0.05) is 23.6 Å². The second-order valence-electron chi connectivity index (χ2n) is 9.74. The van der Waals surface area contributed by atoms with E-state index in [2.05, 4.69) is 17.2 Å². The van der Waals surface area contributed by atoms with Gasteiger partial charge < -0.3 is 20.6 Å². The van der Waals surface area contributed by atoms with Crippen molar-refractivity contribution in [1.29, 1.82) is 0 Å². The molecule has 4 rings (SSSR count). The fraction of sp³-hybridized carbons (Fsp3) is 0.267. The highest BCUT2D eigenvalue weighted by Gasteiger charge is 2.31. The van der Waals surface area contributed by atoms with Crippen molar-refractivity contribution >= 4 is 23.4 Å². The number of hydrogen-bond donors (Lipinski definition) is 3. The van der Waals surface area contributed by atoms with Crippen molar-refractivity contribution in [3.05, 3.63) is 95.4 Å². The quantitative estimate of drug-likeness (QED) is 0.319. The first-order valence-corrected chi connectivity index (χ1v) is 12.4. The molecule has 2 amide bonds. The second-order valence-corrected chi connectivity index (χ2v) is 9.74. The molecule has 0 aliphatic carbocycles. The van der Waals surface area contributed by atoms with Crippen LogP contribution in [0.4, 0.5) is 20.6 Å². The normalized spacial score (nSPS) is 15.1. The van der Waals surface area contributed by atoms with E-state index in [1.165, 1.54) is 6.07 Å². The zero-order valence-electron chi connectivity index (χ0n) is 21.3. The highest BCUT2D eigenvalue weighted by Crippen LogP contribution is 2.30. The fourth-order valence-corrected chi connectivity index (χ4v) is 4.77. The molecule has 0 radical (unpaired) electrons. The number of likely N-dealkylation sites (tertiary alicyclic amines) is 1. The Bertz CT molecular complexity index is 1330. The number of anilines is 2. The summed E-state index contributed by atoms with van der Waals surface area (Å²) in [5.41, 5.74) is 5.83. The number of urea groups is 1. The highest BCUT2D eigenvalue weighted by atomic mass is 19.1. The van der Waals surface area contributed by atoms with Gasteiger partial charge in [-0.25, -0.2) is 14.0 Å². The number of carbonyl (C=O) groups excluding carboxylic acids is 1. The third-order valence-corrected chi connectivity index (χ3v) is 6.76. The standard InChI is InChI=1S/C30H32FN3O3/c1-18(2)25-13-11-24(17-27(25)31)33-30(37)34-15-5-6-28(34)20(4)32-23-12-14-26(19(3)16-23)21-7-9-22(10-8-21)29(35)36/h7-14,16-18,28,32H,4-6,15H2,1-3H3,(H,33,37)(H,35,36)/t28-/m1/s1. The second kappa shape index (κ2) is 10.9. The third-order valence-electron chi connectivity index (χ3n) is 6.76. The van der Waals surface area contributed by atoms with E-state index in [9.17, 15) is 14.0 Å². The van der Waals surface area contributed by atoms with Crippen LogP contribution >= 0.6 is 0 Å². The average molecular weight is 502 g/mol. The van der Waals surface area contributed by atoms with Crippen molar-refractivity contribution in [1.82, 2.24) is 4.90 Å². The van der Waals surface area contributed by atoms with Crippen LogP contribution in [-0.4, -0.2) is 34.6 Å². The monoisotopic (exact) mass is 501 g/mol.